The minimum atomic E-state index is -0.255. The second-order valence-corrected chi connectivity index (χ2v) is 6.90. The van der Waals surface area contributed by atoms with Crippen LogP contribution in [0.3, 0.4) is 0 Å². The number of fused-ring (bicyclic) bond motifs is 1. The molecule has 0 radical (unpaired) electrons. The van der Waals surface area contributed by atoms with Crippen LogP contribution in [0.4, 0.5) is 5.69 Å². The third-order valence-electron chi connectivity index (χ3n) is 4.72. The summed E-state index contributed by atoms with van der Waals surface area (Å²) in [7, 11) is 0. The lowest BCUT2D eigenvalue weighted by molar-refractivity contribution is -0.123. The third kappa shape index (κ3) is 4.03. The first-order valence-corrected chi connectivity index (χ1v) is 9.27. The molecule has 1 atom stereocenters. The molecule has 1 fully saturated rings. The van der Waals surface area contributed by atoms with Crippen LogP contribution in [0.1, 0.15) is 12.0 Å². The number of anilines is 1. The van der Waals surface area contributed by atoms with Gasteiger partial charge in [0.05, 0.1) is 6.04 Å². The van der Waals surface area contributed by atoms with Gasteiger partial charge in [0.2, 0.25) is 5.91 Å². The molecule has 0 aromatic heterocycles. The maximum atomic E-state index is 12.4. The molecule has 2 heterocycles. The zero-order valence-electron chi connectivity index (χ0n) is 15.6. The minimum Gasteiger partial charge on any atom is -0.486 e. The molecule has 2 aromatic rings. The van der Waals surface area contributed by atoms with Crippen molar-refractivity contribution in [2.45, 2.75) is 19.4 Å². The van der Waals surface area contributed by atoms with E-state index in [4.69, 9.17) is 14.2 Å². The summed E-state index contributed by atoms with van der Waals surface area (Å²) in [5, 5.41) is 2.87. The van der Waals surface area contributed by atoms with Crippen LogP contribution >= 0.6 is 0 Å². The van der Waals surface area contributed by atoms with Gasteiger partial charge in [0.1, 0.15) is 19.0 Å². The summed E-state index contributed by atoms with van der Waals surface area (Å²) in [5.74, 6) is 1.67. The summed E-state index contributed by atoms with van der Waals surface area (Å²) in [6.07, 6.45) is 0.255. The number of carbonyl (C=O) groups excluding carboxylic acids is 2. The molecular formula is C21H22N2O5. The Kier molecular flexibility index (Phi) is 5.06. The van der Waals surface area contributed by atoms with E-state index < -0.39 is 0 Å². The second-order valence-electron chi connectivity index (χ2n) is 6.90. The van der Waals surface area contributed by atoms with E-state index in [2.05, 4.69) is 5.32 Å². The normalized spacial score (nSPS) is 18.1. The summed E-state index contributed by atoms with van der Waals surface area (Å²) in [6, 6.07) is 12.7. The van der Waals surface area contributed by atoms with Gasteiger partial charge in [-0.3, -0.25) is 9.59 Å². The smallest absolute Gasteiger partial charge is 0.258 e. The van der Waals surface area contributed by atoms with Crippen molar-refractivity contribution in [1.82, 2.24) is 5.32 Å². The fraction of sp³-hybridized carbons (Fsp3) is 0.333. The van der Waals surface area contributed by atoms with E-state index in [1.165, 1.54) is 0 Å². The molecule has 2 aliphatic rings. The molecule has 7 heteroatoms. The molecule has 1 N–H and O–H groups in total. The molecule has 0 spiro atoms. The van der Waals surface area contributed by atoms with Gasteiger partial charge in [-0.25, -0.2) is 0 Å². The zero-order valence-corrected chi connectivity index (χ0v) is 15.6. The maximum Gasteiger partial charge on any atom is 0.258 e. The molecule has 0 bridgehead atoms. The predicted octanol–water partition coefficient (Wildman–Crippen LogP) is 2.07. The fourth-order valence-electron chi connectivity index (χ4n) is 3.31. The van der Waals surface area contributed by atoms with Crippen molar-refractivity contribution in [3.63, 3.8) is 0 Å². The van der Waals surface area contributed by atoms with Crippen LogP contribution in [-0.2, 0) is 9.59 Å². The van der Waals surface area contributed by atoms with E-state index in [0.717, 1.165) is 11.3 Å². The number of aryl methyl sites for hydroxylation is 1. The highest BCUT2D eigenvalue weighted by Gasteiger charge is 2.32. The van der Waals surface area contributed by atoms with Gasteiger partial charge >= 0.3 is 0 Å². The van der Waals surface area contributed by atoms with E-state index >= 15 is 0 Å². The van der Waals surface area contributed by atoms with Gasteiger partial charge in [0.25, 0.3) is 5.91 Å². The van der Waals surface area contributed by atoms with Crippen molar-refractivity contribution < 1.29 is 23.8 Å². The number of nitrogens with zero attached hydrogens (tertiary/aromatic N) is 1. The maximum absolute atomic E-state index is 12.4. The van der Waals surface area contributed by atoms with Crippen molar-refractivity contribution >= 4 is 17.5 Å². The van der Waals surface area contributed by atoms with E-state index in [1.807, 2.05) is 37.3 Å². The Morgan fingerprint density at radius 3 is 2.68 bits per heavy atom. The van der Waals surface area contributed by atoms with Crippen LogP contribution in [0.2, 0.25) is 0 Å². The number of rotatable bonds is 5. The first-order chi connectivity index (χ1) is 13.6. The van der Waals surface area contributed by atoms with Crippen LogP contribution in [0.25, 0.3) is 0 Å². The standard InChI is InChI=1S/C21H22N2O5/c1-14-2-5-17(6-3-14)28-13-20(24)22-15-10-21(25)23(12-15)16-4-7-18-19(11-16)27-9-8-26-18/h2-7,11,15H,8-10,12-13H2,1H3,(H,22,24). The second kappa shape index (κ2) is 7.80. The van der Waals surface area contributed by atoms with Crippen LogP contribution < -0.4 is 24.4 Å². The van der Waals surface area contributed by atoms with Gasteiger partial charge in [0.15, 0.2) is 18.1 Å². The van der Waals surface area contributed by atoms with Gasteiger partial charge < -0.3 is 24.4 Å². The molecule has 1 unspecified atom stereocenters. The Hall–Kier alpha value is -3.22. The number of hydrogen-bond donors (Lipinski definition) is 1. The summed E-state index contributed by atoms with van der Waals surface area (Å²) in [6.45, 7) is 3.32. The van der Waals surface area contributed by atoms with E-state index in [9.17, 15) is 9.59 Å². The van der Waals surface area contributed by atoms with E-state index in [-0.39, 0.29) is 30.9 Å². The number of amides is 2. The summed E-state index contributed by atoms with van der Waals surface area (Å²) >= 11 is 0. The number of nitrogens with one attached hydrogen (secondary N) is 1. The van der Waals surface area contributed by atoms with Crippen LogP contribution in [0, 0.1) is 6.92 Å². The average molecular weight is 382 g/mol. The van der Waals surface area contributed by atoms with Crippen LogP contribution in [0.5, 0.6) is 17.2 Å². The van der Waals surface area contributed by atoms with Crippen LogP contribution in [-0.4, -0.2) is 44.2 Å². The lowest BCUT2D eigenvalue weighted by Crippen LogP contribution is -2.39. The zero-order chi connectivity index (χ0) is 19.5. The Morgan fingerprint density at radius 1 is 1.14 bits per heavy atom. The molecule has 0 aliphatic carbocycles. The number of ether oxygens (including phenoxy) is 3. The SMILES string of the molecule is Cc1ccc(OCC(=O)NC2CC(=O)N(c3ccc4c(c3)OCCO4)C2)cc1. The minimum absolute atomic E-state index is 0.0403. The van der Waals surface area contributed by atoms with Gasteiger partial charge in [-0.15, -0.1) is 0 Å². The van der Waals surface area contributed by atoms with Crippen molar-refractivity contribution in [3.8, 4) is 17.2 Å². The Labute approximate surface area is 163 Å². The molecule has 4 rings (SSSR count). The van der Waals surface area contributed by atoms with Crippen molar-refractivity contribution in [1.29, 1.82) is 0 Å². The Balaban J connectivity index is 1.33. The summed E-state index contributed by atoms with van der Waals surface area (Å²) in [5.41, 5.74) is 1.86. The number of carbonyl (C=O) groups is 2. The molecule has 2 aliphatic heterocycles. The molecule has 0 saturated carbocycles. The number of hydrogen-bond acceptors (Lipinski definition) is 5. The molecule has 1 saturated heterocycles. The highest BCUT2D eigenvalue weighted by molar-refractivity contribution is 5.97. The topological polar surface area (TPSA) is 77.1 Å². The third-order valence-corrected chi connectivity index (χ3v) is 4.72. The highest BCUT2D eigenvalue weighted by Crippen LogP contribution is 2.35. The summed E-state index contributed by atoms with van der Waals surface area (Å²) in [4.78, 5) is 26.3. The molecule has 7 nitrogen and oxygen atoms in total. The lowest BCUT2D eigenvalue weighted by atomic mass is 10.2. The van der Waals surface area contributed by atoms with Gasteiger partial charge in [-0.2, -0.15) is 0 Å². The van der Waals surface area contributed by atoms with Crippen molar-refractivity contribution in [3.05, 3.63) is 48.0 Å². The van der Waals surface area contributed by atoms with Crippen molar-refractivity contribution in [2.24, 2.45) is 0 Å². The van der Waals surface area contributed by atoms with Crippen LogP contribution in [0.15, 0.2) is 42.5 Å². The van der Waals surface area contributed by atoms with Gasteiger partial charge in [-0.1, -0.05) is 17.7 Å². The average Bonchev–Trinajstić information content (AvgIpc) is 3.07. The molecule has 146 valence electrons. The highest BCUT2D eigenvalue weighted by atomic mass is 16.6. The largest absolute Gasteiger partial charge is 0.486 e. The first kappa shape index (κ1) is 18.2. The predicted molar refractivity (Wildman–Crippen MR) is 103 cm³/mol. The molecule has 28 heavy (non-hydrogen) atoms. The first-order valence-electron chi connectivity index (χ1n) is 9.27. The molecule has 2 aromatic carbocycles. The Bertz CT molecular complexity index is 881. The quantitative estimate of drug-likeness (QED) is 0.857. The van der Waals surface area contributed by atoms with Crippen molar-refractivity contribution in [2.75, 3.05) is 31.3 Å². The lowest BCUT2D eigenvalue weighted by Gasteiger charge is -2.22. The van der Waals surface area contributed by atoms with E-state index in [0.29, 0.717) is 37.0 Å². The van der Waals surface area contributed by atoms with E-state index in [1.54, 1.807) is 17.0 Å². The monoisotopic (exact) mass is 382 g/mol. The molecule has 2 amide bonds. The Morgan fingerprint density at radius 2 is 1.89 bits per heavy atom. The molecular weight excluding hydrogens is 360 g/mol. The number of benzene rings is 2. The fourth-order valence-corrected chi connectivity index (χ4v) is 3.31. The van der Waals surface area contributed by atoms with Gasteiger partial charge in [0, 0.05) is 24.7 Å². The van der Waals surface area contributed by atoms with Gasteiger partial charge in [-0.05, 0) is 31.2 Å². The summed E-state index contributed by atoms with van der Waals surface area (Å²) < 4.78 is 16.6.